The van der Waals surface area contributed by atoms with Gasteiger partial charge in [0.15, 0.2) is 0 Å². The van der Waals surface area contributed by atoms with Crippen molar-refractivity contribution in [3.63, 3.8) is 0 Å². The molecule has 1 aliphatic rings. The number of hydrogen-bond donors (Lipinski definition) is 2. The van der Waals surface area contributed by atoms with Gasteiger partial charge in [-0.3, -0.25) is 9.59 Å². The number of carbonyl (C=O) groups is 2. The van der Waals surface area contributed by atoms with Crippen LogP contribution in [0.4, 0.5) is 4.39 Å². The van der Waals surface area contributed by atoms with Crippen molar-refractivity contribution in [2.24, 2.45) is 0 Å². The van der Waals surface area contributed by atoms with Gasteiger partial charge >= 0.3 is 0 Å². The lowest BCUT2D eigenvalue weighted by molar-refractivity contribution is -0.124. The summed E-state index contributed by atoms with van der Waals surface area (Å²) in [5.74, 6) is -0.529. The highest BCUT2D eigenvalue weighted by Gasteiger charge is 2.23. The van der Waals surface area contributed by atoms with E-state index in [2.05, 4.69) is 20.8 Å². The van der Waals surface area contributed by atoms with Gasteiger partial charge in [0.05, 0.1) is 12.3 Å². The third kappa shape index (κ3) is 4.79. The van der Waals surface area contributed by atoms with E-state index in [0.717, 1.165) is 24.6 Å². The van der Waals surface area contributed by atoms with E-state index in [1.165, 1.54) is 24.3 Å². The molecule has 7 nitrogen and oxygen atoms in total. The van der Waals surface area contributed by atoms with Crippen LogP contribution in [0.3, 0.4) is 0 Å². The fourth-order valence-corrected chi connectivity index (χ4v) is 2.43. The Kier molecular flexibility index (Phi) is 5.09. The van der Waals surface area contributed by atoms with E-state index < -0.39 is 0 Å². The Bertz CT molecular complexity index is 731. The molecule has 1 saturated carbocycles. The summed E-state index contributed by atoms with van der Waals surface area (Å²) in [6, 6.07) is 5.93. The first-order valence-electron chi connectivity index (χ1n) is 7.38. The maximum absolute atomic E-state index is 12.9. The van der Waals surface area contributed by atoms with Crippen molar-refractivity contribution in [1.82, 2.24) is 20.8 Å². The van der Waals surface area contributed by atoms with Crippen molar-refractivity contribution in [3.05, 3.63) is 30.1 Å². The van der Waals surface area contributed by atoms with Crippen LogP contribution < -0.4 is 10.6 Å². The molecule has 24 heavy (non-hydrogen) atoms. The number of aromatic nitrogens is 2. The maximum atomic E-state index is 12.9. The van der Waals surface area contributed by atoms with Crippen molar-refractivity contribution in [3.8, 4) is 11.5 Å². The molecule has 1 heterocycles. The fourth-order valence-electron chi connectivity index (χ4n) is 1.84. The molecule has 0 aliphatic heterocycles. The summed E-state index contributed by atoms with van der Waals surface area (Å²) >= 11 is 1.07. The third-order valence-corrected chi connectivity index (χ3v) is 4.03. The predicted octanol–water partition coefficient (Wildman–Crippen LogP) is 1.36. The normalized spacial score (nSPS) is 13.5. The van der Waals surface area contributed by atoms with Gasteiger partial charge in [-0.2, -0.15) is 0 Å². The molecule has 2 amide bonds. The highest BCUT2D eigenvalue weighted by Crippen LogP contribution is 2.23. The molecule has 2 N–H and O–H groups in total. The van der Waals surface area contributed by atoms with E-state index in [1.54, 1.807) is 0 Å². The van der Waals surface area contributed by atoms with Crippen LogP contribution in [0.2, 0.25) is 0 Å². The summed E-state index contributed by atoms with van der Waals surface area (Å²) < 4.78 is 18.3. The zero-order chi connectivity index (χ0) is 16.9. The number of benzene rings is 1. The summed E-state index contributed by atoms with van der Waals surface area (Å²) in [7, 11) is 0. The molecule has 0 atom stereocenters. The van der Waals surface area contributed by atoms with Crippen molar-refractivity contribution in [1.29, 1.82) is 0 Å². The number of hydrogen-bond acceptors (Lipinski definition) is 6. The van der Waals surface area contributed by atoms with Crippen LogP contribution in [0.25, 0.3) is 11.5 Å². The first-order chi connectivity index (χ1) is 11.6. The smallest absolute Gasteiger partial charge is 0.277 e. The highest BCUT2D eigenvalue weighted by molar-refractivity contribution is 7.99. The molecule has 0 unspecified atom stereocenters. The average Bonchev–Trinajstić information content (AvgIpc) is 3.25. The van der Waals surface area contributed by atoms with Crippen LogP contribution in [0, 0.1) is 5.82 Å². The second-order valence-corrected chi connectivity index (χ2v) is 6.21. The molecule has 9 heteroatoms. The van der Waals surface area contributed by atoms with Crippen LogP contribution in [0.1, 0.15) is 12.8 Å². The summed E-state index contributed by atoms with van der Waals surface area (Å²) in [5, 5.41) is 13.2. The molecule has 0 saturated heterocycles. The van der Waals surface area contributed by atoms with Gasteiger partial charge in [-0.25, -0.2) is 4.39 Å². The quantitative estimate of drug-likeness (QED) is 0.732. The van der Waals surface area contributed by atoms with Gasteiger partial charge in [0, 0.05) is 11.6 Å². The molecule has 1 aromatic carbocycles. The maximum Gasteiger partial charge on any atom is 0.277 e. The van der Waals surface area contributed by atoms with Gasteiger partial charge in [0.1, 0.15) is 5.82 Å². The molecule has 1 aliphatic carbocycles. The summed E-state index contributed by atoms with van der Waals surface area (Å²) in [4.78, 5) is 23.1. The number of rotatable bonds is 7. The van der Waals surface area contributed by atoms with Crippen molar-refractivity contribution >= 4 is 23.6 Å². The molecule has 0 spiro atoms. The summed E-state index contributed by atoms with van der Waals surface area (Å²) in [6.45, 7) is -0.0411. The zero-order valence-electron chi connectivity index (χ0n) is 12.6. The minimum absolute atomic E-state index is 0.0411. The van der Waals surface area contributed by atoms with Gasteiger partial charge < -0.3 is 15.1 Å². The molecular formula is C15H15FN4O3S. The van der Waals surface area contributed by atoms with Gasteiger partial charge in [-0.05, 0) is 37.1 Å². The summed E-state index contributed by atoms with van der Waals surface area (Å²) in [5.41, 5.74) is 0.594. The molecule has 1 aromatic heterocycles. The number of amides is 2. The number of nitrogens with one attached hydrogen (secondary N) is 2. The Hall–Kier alpha value is -2.42. The lowest BCUT2D eigenvalue weighted by Crippen LogP contribution is -2.38. The number of thioether (sulfide) groups is 1. The Morgan fingerprint density at radius 1 is 1.21 bits per heavy atom. The molecule has 1 fully saturated rings. The van der Waals surface area contributed by atoms with E-state index in [4.69, 9.17) is 4.42 Å². The van der Waals surface area contributed by atoms with Crippen molar-refractivity contribution in [2.45, 2.75) is 24.1 Å². The predicted molar refractivity (Wildman–Crippen MR) is 84.6 cm³/mol. The van der Waals surface area contributed by atoms with E-state index in [9.17, 15) is 14.0 Å². The number of nitrogens with zero attached hydrogens (tertiary/aromatic N) is 2. The average molecular weight is 350 g/mol. The lowest BCUT2D eigenvalue weighted by Gasteiger charge is -2.04. The second-order valence-electron chi connectivity index (χ2n) is 5.29. The zero-order valence-corrected chi connectivity index (χ0v) is 13.4. The molecule has 0 radical (unpaired) electrons. The van der Waals surface area contributed by atoms with Crippen molar-refractivity contribution < 1.29 is 18.4 Å². The molecule has 0 bridgehead atoms. The number of halogens is 1. The summed E-state index contributed by atoms with van der Waals surface area (Å²) in [6.07, 6.45) is 2.01. The van der Waals surface area contributed by atoms with Gasteiger partial charge in [0.2, 0.25) is 17.7 Å². The van der Waals surface area contributed by atoms with E-state index in [0.29, 0.717) is 5.56 Å². The lowest BCUT2D eigenvalue weighted by atomic mass is 10.2. The molecule has 2 aromatic rings. The van der Waals surface area contributed by atoms with Crippen LogP contribution >= 0.6 is 11.8 Å². The largest absolute Gasteiger partial charge is 0.411 e. The first kappa shape index (κ1) is 16.4. The fraction of sp³-hybridized carbons (Fsp3) is 0.333. The van der Waals surface area contributed by atoms with Crippen LogP contribution in [-0.2, 0) is 9.59 Å². The monoisotopic (exact) mass is 350 g/mol. The van der Waals surface area contributed by atoms with Crippen LogP contribution in [-0.4, -0.2) is 40.4 Å². The first-order valence-corrected chi connectivity index (χ1v) is 8.37. The minimum Gasteiger partial charge on any atom is -0.411 e. The van der Waals surface area contributed by atoms with Crippen LogP contribution in [0.15, 0.2) is 33.9 Å². The topological polar surface area (TPSA) is 97.1 Å². The molecular weight excluding hydrogens is 335 g/mol. The Balaban J connectivity index is 1.43. The van der Waals surface area contributed by atoms with E-state index in [1.807, 2.05) is 0 Å². The minimum atomic E-state index is -0.352. The van der Waals surface area contributed by atoms with E-state index >= 15 is 0 Å². The third-order valence-electron chi connectivity index (χ3n) is 3.21. The van der Waals surface area contributed by atoms with Gasteiger partial charge in [0.25, 0.3) is 5.22 Å². The van der Waals surface area contributed by atoms with Crippen LogP contribution in [0.5, 0.6) is 0 Å². The second kappa shape index (κ2) is 7.43. The Labute approximate surface area is 141 Å². The Morgan fingerprint density at radius 3 is 2.67 bits per heavy atom. The van der Waals surface area contributed by atoms with Crippen molar-refractivity contribution in [2.75, 3.05) is 12.3 Å². The molecule has 3 rings (SSSR count). The van der Waals surface area contributed by atoms with Gasteiger partial charge in [-0.1, -0.05) is 11.8 Å². The highest BCUT2D eigenvalue weighted by atomic mass is 32.2. The molecule has 126 valence electrons. The Morgan fingerprint density at radius 2 is 1.96 bits per heavy atom. The number of carbonyl (C=O) groups excluding carboxylic acids is 2. The van der Waals surface area contributed by atoms with E-state index in [-0.39, 0.29) is 47.1 Å². The van der Waals surface area contributed by atoms with Gasteiger partial charge in [-0.15, -0.1) is 10.2 Å². The SMILES string of the molecule is O=C(CSc1nnc(-c2ccc(F)cc2)o1)NCC(=O)NC1CC1. The standard InChI is InChI=1S/C15H15FN4O3S/c16-10-3-1-9(2-4-10)14-19-20-15(23-14)24-8-13(22)17-7-12(21)18-11-5-6-11/h1-4,11H,5-8H2,(H,17,22)(H,18,21).